The van der Waals surface area contributed by atoms with E-state index in [9.17, 15) is 18.4 Å². The summed E-state index contributed by atoms with van der Waals surface area (Å²) in [4.78, 5) is 30.8. The number of nitrogens with zero attached hydrogens (tertiary/aromatic N) is 1. The number of carbonyl (C=O) groups excluding carboxylic acids is 1. The van der Waals surface area contributed by atoms with Crippen molar-refractivity contribution in [2.75, 3.05) is 23.7 Å². The quantitative estimate of drug-likeness (QED) is 0.353. The van der Waals surface area contributed by atoms with Crippen LogP contribution in [0.5, 0.6) is 0 Å². The number of aromatic nitrogens is 2. The number of rotatable bonds is 8. The summed E-state index contributed by atoms with van der Waals surface area (Å²) in [6.45, 7) is 1.59. The smallest absolute Gasteiger partial charge is 0.326 e. The number of H-pyrrole nitrogens is 1. The van der Waals surface area contributed by atoms with Gasteiger partial charge in [-0.05, 0) is 49.3 Å². The first-order valence-corrected chi connectivity index (χ1v) is 9.59. The summed E-state index contributed by atoms with van der Waals surface area (Å²) in [6, 6.07) is 9.11. The number of hydrogen-bond donors (Lipinski definition) is 5. The highest BCUT2D eigenvalue weighted by molar-refractivity contribution is 5.98. The zero-order valence-corrected chi connectivity index (χ0v) is 16.5. The van der Waals surface area contributed by atoms with Crippen molar-refractivity contribution in [3.63, 3.8) is 0 Å². The molecule has 0 fully saturated rings. The summed E-state index contributed by atoms with van der Waals surface area (Å²) >= 11 is 0. The molecule has 0 spiro atoms. The number of halogens is 2. The summed E-state index contributed by atoms with van der Waals surface area (Å²) in [5, 5.41) is 7.87. The van der Waals surface area contributed by atoms with Gasteiger partial charge >= 0.3 is 6.03 Å². The first-order chi connectivity index (χ1) is 15.0. The molecule has 10 heteroatoms. The molecule has 1 heterocycles. The van der Waals surface area contributed by atoms with Crippen LogP contribution in [-0.2, 0) is 6.54 Å². The van der Waals surface area contributed by atoms with Crippen molar-refractivity contribution < 1.29 is 13.6 Å². The molecule has 8 nitrogen and oxygen atoms in total. The number of anilines is 2. The normalized spacial score (nSPS) is 10.7. The first kappa shape index (κ1) is 22.1. The molecule has 3 rings (SSSR count). The van der Waals surface area contributed by atoms with E-state index >= 15 is 0 Å². The summed E-state index contributed by atoms with van der Waals surface area (Å²) < 4.78 is 27.6. The van der Waals surface area contributed by atoms with E-state index in [4.69, 9.17) is 5.73 Å². The molecule has 1 aromatic heterocycles. The van der Waals surface area contributed by atoms with E-state index in [0.717, 1.165) is 12.5 Å². The molecular weight excluding hydrogens is 406 g/mol. The van der Waals surface area contributed by atoms with Crippen molar-refractivity contribution in [3.05, 3.63) is 76.2 Å². The summed E-state index contributed by atoms with van der Waals surface area (Å²) in [5.74, 6) is -1.06. The first-order valence-electron chi connectivity index (χ1n) is 9.59. The van der Waals surface area contributed by atoms with E-state index in [1.54, 1.807) is 12.1 Å². The minimum absolute atomic E-state index is 0.108. The van der Waals surface area contributed by atoms with Crippen LogP contribution in [0.4, 0.5) is 25.2 Å². The zero-order valence-electron chi connectivity index (χ0n) is 16.5. The highest BCUT2D eigenvalue weighted by Crippen LogP contribution is 2.19. The van der Waals surface area contributed by atoms with Crippen LogP contribution < -0.4 is 27.2 Å². The molecule has 2 amide bonds. The highest BCUT2D eigenvalue weighted by atomic mass is 19.1. The number of aromatic amines is 1. The van der Waals surface area contributed by atoms with Gasteiger partial charge in [-0.1, -0.05) is 18.2 Å². The van der Waals surface area contributed by atoms with Gasteiger partial charge in [0.1, 0.15) is 11.6 Å². The topological polar surface area (TPSA) is 125 Å². The van der Waals surface area contributed by atoms with Gasteiger partial charge in [0.05, 0.1) is 5.56 Å². The van der Waals surface area contributed by atoms with Crippen molar-refractivity contribution >= 4 is 17.7 Å². The molecule has 0 unspecified atom stereocenters. The van der Waals surface area contributed by atoms with Crippen LogP contribution in [0.1, 0.15) is 12.0 Å². The SMILES string of the molecule is NCCCNCc1ccc(-c2cnc(NC(=O)Nc3cccc(F)c3)[nH]c2=O)cc1F. The molecule has 0 atom stereocenters. The Kier molecular flexibility index (Phi) is 7.41. The molecular formula is C21H22F2N6O2. The average Bonchev–Trinajstić information content (AvgIpc) is 2.72. The summed E-state index contributed by atoms with van der Waals surface area (Å²) in [5.41, 5.74) is 6.08. The van der Waals surface area contributed by atoms with Gasteiger partial charge in [-0.3, -0.25) is 15.1 Å². The molecule has 0 radical (unpaired) electrons. The molecule has 0 saturated heterocycles. The number of amides is 2. The molecule has 31 heavy (non-hydrogen) atoms. The molecule has 2 aromatic carbocycles. The van der Waals surface area contributed by atoms with Crippen molar-refractivity contribution in [2.45, 2.75) is 13.0 Å². The van der Waals surface area contributed by atoms with Gasteiger partial charge in [-0.2, -0.15) is 0 Å². The van der Waals surface area contributed by atoms with Crippen molar-refractivity contribution in [1.82, 2.24) is 15.3 Å². The molecule has 0 aliphatic rings. The lowest BCUT2D eigenvalue weighted by Gasteiger charge is -2.09. The lowest BCUT2D eigenvalue weighted by molar-refractivity contribution is 0.262. The summed E-state index contributed by atoms with van der Waals surface area (Å²) in [6.07, 6.45) is 2.03. The summed E-state index contributed by atoms with van der Waals surface area (Å²) in [7, 11) is 0. The standard InChI is InChI=1S/C21H22F2N6O2/c22-15-3-1-4-16(10-15)27-21(31)29-20-26-12-17(19(30)28-20)13-5-6-14(18(23)9-13)11-25-8-2-7-24/h1,3-6,9-10,12,25H,2,7-8,11,24H2,(H3,26,27,28,29,30,31). The van der Waals surface area contributed by atoms with Gasteiger partial charge in [0, 0.05) is 24.0 Å². The van der Waals surface area contributed by atoms with Gasteiger partial charge in [-0.15, -0.1) is 0 Å². The lowest BCUT2D eigenvalue weighted by atomic mass is 10.1. The Bertz CT molecular complexity index is 1120. The predicted molar refractivity (Wildman–Crippen MR) is 115 cm³/mol. The molecule has 0 bridgehead atoms. The molecule has 162 valence electrons. The molecule has 0 aliphatic carbocycles. The fourth-order valence-corrected chi connectivity index (χ4v) is 2.81. The Morgan fingerprint density at radius 3 is 2.68 bits per heavy atom. The Labute approximate surface area is 176 Å². The van der Waals surface area contributed by atoms with E-state index in [2.05, 4.69) is 25.9 Å². The minimum Gasteiger partial charge on any atom is -0.330 e. The third kappa shape index (κ3) is 6.17. The van der Waals surface area contributed by atoms with E-state index < -0.39 is 23.2 Å². The van der Waals surface area contributed by atoms with Gasteiger partial charge in [0.25, 0.3) is 5.56 Å². The van der Waals surface area contributed by atoms with Crippen LogP contribution in [-0.4, -0.2) is 29.1 Å². The number of carbonyl (C=O) groups is 1. The molecule has 6 N–H and O–H groups in total. The minimum atomic E-state index is -0.709. The van der Waals surface area contributed by atoms with Crippen molar-refractivity contribution in [2.24, 2.45) is 5.73 Å². The number of nitrogens with one attached hydrogen (secondary N) is 4. The van der Waals surface area contributed by atoms with Crippen LogP contribution >= 0.6 is 0 Å². The van der Waals surface area contributed by atoms with Crippen molar-refractivity contribution in [1.29, 1.82) is 0 Å². The van der Waals surface area contributed by atoms with Crippen LogP contribution in [0.25, 0.3) is 11.1 Å². The maximum Gasteiger partial charge on any atom is 0.326 e. The Hall–Kier alpha value is -3.63. The second-order valence-electron chi connectivity index (χ2n) is 6.69. The Morgan fingerprint density at radius 1 is 1.13 bits per heavy atom. The van der Waals surface area contributed by atoms with Gasteiger partial charge in [0.15, 0.2) is 0 Å². The number of nitrogens with two attached hydrogens (primary N) is 1. The highest BCUT2D eigenvalue weighted by Gasteiger charge is 2.11. The molecule has 0 saturated carbocycles. The second kappa shape index (κ2) is 10.4. The number of hydrogen-bond acceptors (Lipinski definition) is 5. The van der Waals surface area contributed by atoms with Crippen molar-refractivity contribution in [3.8, 4) is 11.1 Å². The Balaban J connectivity index is 1.67. The van der Waals surface area contributed by atoms with E-state index in [0.29, 0.717) is 30.8 Å². The number of benzene rings is 2. The number of urea groups is 1. The Morgan fingerprint density at radius 2 is 1.97 bits per heavy atom. The largest absolute Gasteiger partial charge is 0.330 e. The maximum absolute atomic E-state index is 14.4. The molecule has 3 aromatic rings. The third-order valence-electron chi connectivity index (χ3n) is 4.35. The second-order valence-corrected chi connectivity index (χ2v) is 6.69. The fourth-order valence-electron chi connectivity index (χ4n) is 2.81. The van der Waals surface area contributed by atoms with Crippen LogP contribution in [0.2, 0.25) is 0 Å². The van der Waals surface area contributed by atoms with E-state index in [1.807, 2.05) is 0 Å². The van der Waals surface area contributed by atoms with Crippen LogP contribution in [0.15, 0.2) is 53.5 Å². The predicted octanol–water partition coefficient (Wildman–Crippen LogP) is 2.80. The average molecular weight is 428 g/mol. The fraction of sp³-hybridized carbons (Fsp3) is 0.190. The van der Waals surface area contributed by atoms with E-state index in [1.165, 1.54) is 30.5 Å². The van der Waals surface area contributed by atoms with Gasteiger partial charge in [-0.25, -0.2) is 18.6 Å². The van der Waals surface area contributed by atoms with Gasteiger partial charge < -0.3 is 16.4 Å². The van der Waals surface area contributed by atoms with Gasteiger partial charge in [0.2, 0.25) is 5.95 Å². The molecule has 0 aliphatic heterocycles. The monoisotopic (exact) mass is 428 g/mol. The zero-order chi connectivity index (χ0) is 22.2. The van der Waals surface area contributed by atoms with Crippen LogP contribution in [0.3, 0.4) is 0 Å². The maximum atomic E-state index is 14.4. The third-order valence-corrected chi connectivity index (χ3v) is 4.35. The van der Waals surface area contributed by atoms with E-state index in [-0.39, 0.29) is 17.2 Å². The lowest BCUT2D eigenvalue weighted by Crippen LogP contribution is -2.23. The van der Waals surface area contributed by atoms with Crippen LogP contribution in [0, 0.1) is 11.6 Å².